The number of ether oxygens (including phenoxy) is 1. The van der Waals surface area contributed by atoms with Crippen molar-refractivity contribution in [3.63, 3.8) is 0 Å². The first-order chi connectivity index (χ1) is 9.89. The Balaban J connectivity index is 2.00. The minimum absolute atomic E-state index is 0.257. The second-order valence-electron chi connectivity index (χ2n) is 4.93. The van der Waals surface area contributed by atoms with Crippen LogP contribution in [-0.4, -0.2) is 36.7 Å². The van der Waals surface area contributed by atoms with E-state index in [1.54, 1.807) is 36.0 Å². The number of anilines is 1. The lowest BCUT2D eigenvalue weighted by molar-refractivity contribution is 0.0416. The number of hydrogen-bond donors (Lipinski definition) is 1. The van der Waals surface area contributed by atoms with E-state index < -0.39 is 15.1 Å². The van der Waals surface area contributed by atoms with E-state index in [0.29, 0.717) is 16.0 Å². The van der Waals surface area contributed by atoms with Crippen LogP contribution in [0.15, 0.2) is 33.6 Å². The van der Waals surface area contributed by atoms with E-state index in [2.05, 4.69) is 21.0 Å². The molecule has 0 saturated carbocycles. The summed E-state index contributed by atoms with van der Waals surface area (Å²) in [6, 6.07) is 6.82. The Labute approximate surface area is 130 Å². The molecule has 6 nitrogen and oxygen atoms in total. The smallest absolute Gasteiger partial charge is 0.186 e. The molecule has 0 unspecified atom stereocenters. The Hall–Kier alpha value is -1.38. The van der Waals surface area contributed by atoms with E-state index in [-0.39, 0.29) is 18.1 Å². The fourth-order valence-corrected chi connectivity index (χ4v) is 4.64. The zero-order valence-corrected chi connectivity index (χ0v) is 13.7. The molecule has 8 heteroatoms. The van der Waals surface area contributed by atoms with E-state index in [1.165, 1.54) is 0 Å². The molecule has 21 heavy (non-hydrogen) atoms. The Kier molecular flexibility index (Phi) is 3.54. The molecule has 2 aromatic rings. The van der Waals surface area contributed by atoms with Gasteiger partial charge in [0.05, 0.1) is 23.8 Å². The standard InChI is InChI=1S/C13H14BrN3O3S/c1-17-13(15)5-11(16-17)8-2-3-12(10(14)4-8)21(18,19)9-6-20-7-9/h2-5,9H,6-7,15H2,1H3. The number of nitrogens with zero attached hydrogens (tertiary/aromatic N) is 2. The van der Waals surface area contributed by atoms with Gasteiger partial charge in [0.15, 0.2) is 9.84 Å². The zero-order chi connectivity index (χ0) is 15.2. The summed E-state index contributed by atoms with van der Waals surface area (Å²) in [5.41, 5.74) is 7.26. The average Bonchev–Trinajstić information content (AvgIpc) is 2.66. The van der Waals surface area contributed by atoms with Crippen LogP contribution in [0, 0.1) is 0 Å². The maximum absolute atomic E-state index is 12.4. The number of benzene rings is 1. The molecular formula is C13H14BrN3O3S. The fraction of sp³-hybridized carbons (Fsp3) is 0.308. The van der Waals surface area contributed by atoms with Crippen LogP contribution in [-0.2, 0) is 21.6 Å². The number of nitrogens with two attached hydrogens (primary N) is 1. The summed E-state index contributed by atoms with van der Waals surface area (Å²) in [5, 5.41) is 3.82. The lowest BCUT2D eigenvalue weighted by Gasteiger charge is -2.26. The summed E-state index contributed by atoms with van der Waals surface area (Å²) in [5.74, 6) is 0.546. The molecule has 3 rings (SSSR count). The van der Waals surface area contributed by atoms with Crippen LogP contribution in [0.4, 0.5) is 5.82 Å². The van der Waals surface area contributed by atoms with Crippen molar-refractivity contribution >= 4 is 31.6 Å². The van der Waals surface area contributed by atoms with Gasteiger partial charge in [-0.25, -0.2) is 8.42 Å². The van der Waals surface area contributed by atoms with E-state index in [0.717, 1.165) is 5.56 Å². The highest BCUT2D eigenvalue weighted by atomic mass is 79.9. The molecule has 0 amide bonds. The van der Waals surface area contributed by atoms with Gasteiger partial charge in [0.25, 0.3) is 0 Å². The third-order valence-electron chi connectivity index (χ3n) is 3.50. The van der Waals surface area contributed by atoms with Gasteiger partial charge in [-0.05, 0) is 28.1 Å². The number of aryl methyl sites for hydroxylation is 1. The molecule has 1 aliphatic rings. The van der Waals surface area contributed by atoms with Crippen LogP contribution >= 0.6 is 15.9 Å². The molecule has 1 aromatic heterocycles. The van der Waals surface area contributed by atoms with Crippen molar-refractivity contribution in [3.05, 3.63) is 28.7 Å². The molecule has 1 saturated heterocycles. The maximum atomic E-state index is 12.4. The first kappa shape index (κ1) is 14.6. The molecule has 0 atom stereocenters. The van der Waals surface area contributed by atoms with Crippen LogP contribution in [0.25, 0.3) is 11.3 Å². The van der Waals surface area contributed by atoms with Gasteiger partial charge >= 0.3 is 0 Å². The van der Waals surface area contributed by atoms with Crippen LogP contribution in [0.5, 0.6) is 0 Å². The molecule has 112 valence electrons. The van der Waals surface area contributed by atoms with Crippen LogP contribution < -0.4 is 5.73 Å². The molecule has 2 heterocycles. The van der Waals surface area contributed by atoms with Crippen LogP contribution in [0.3, 0.4) is 0 Å². The summed E-state index contributed by atoms with van der Waals surface area (Å²) in [6.45, 7) is 0.514. The van der Waals surface area contributed by atoms with Crippen molar-refractivity contribution < 1.29 is 13.2 Å². The Morgan fingerprint density at radius 2 is 2.10 bits per heavy atom. The van der Waals surface area contributed by atoms with Gasteiger partial charge in [-0.2, -0.15) is 5.10 Å². The Morgan fingerprint density at radius 1 is 1.38 bits per heavy atom. The first-order valence-electron chi connectivity index (χ1n) is 6.30. The van der Waals surface area contributed by atoms with Gasteiger partial charge in [0.2, 0.25) is 0 Å². The second kappa shape index (κ2) is 5.11. The number of hydrogen-bond acceptors (Lipinski definition) is 5. The summed E-state index contributed by atoms with van der Waals surface area (Å²) in [6.07, 6.45) is 0. The number of aromatic nitrogens is 2. The highest BCUT2D eigenvalue weighted by Gasteiger charge is 2.35. The van der Waals surface area contributed by atoms with Gasteiger partial charge in [0.1, 0.15) is 11.1 Å². The molecule has 2 N–H and O–H groups in total. The molecule has 0 bridgehead atoms. The molecule has 1 fully saturated rings. The predicted octanol–water partition coefficient (Wildman–Crippen LogP) is 1.60. The van der Waals surface area contributed by atoms with Crippen molar-refractivity contribution in [1.82, 2.24) is 9.78 Å². The highest BCUT2D eigenvalue weighted by Crippen LogP contribution is 2.32. The summed E-state index contributed by atoms with van der Waals surface area (Å²) in [4.78, 5) is 0.281. The fourth-order valence-electron chi connectivity index (χ4n) is 2.09. The molecule has 0 aliphatic carbocycles. The number of sulfone groups is 1. The zero-order valence-electron chi connectivity index (χ0n) is 11.3. The lowest BCUT2D eigenvalue weighted by atomic mass is 10.1. The van der Waals surface area contributed by atoms with Crippen molar-refractivity contribution in [2.75, 3.05) is 18.9 Å². The van der Waals surface area contributed by atoms with Gasteiger partial charge in [0, 0.05) is 23.2 Å². The first-order valence-corrected chi connectivity index (χ1v) is 8.64. The normalized spacial score (nSPS) is 15.9. The molecular weight excluding hydrogens is 358 g/mol. The van der Waals surface area contributed by atoms with Crippen molar-refractivity contribution in [2.45, 2.75) is 10.1 Å². The second-order valence-corrected chi connectivity index (χ2v) is 7.98. The van der Waals surface area contributed by atoms with Crippen molar-refractivity contribution in [3.8, 4) is 11.3 Å². The monoisotopic (exact) mass is 371 g/mol. The number of halogens is 1. The Bertz CT molecular complexity index is 777. The molecule has 1 aromatic carbocycles. The maximum Gasteiger partial charge on any atom is 0.186 e. The van der Waals surface area contributed by atoms with Crippen LogP contribution in [0.2, 0.25) is 0 Å². The third-order valence-corrected chi connectivity index (χ3v) is 6.53. The van der Waals surface area contributed by atoms with E-state index in [4.69, 9.17) is 10.5 Å². The van der Waals surface area contributed by atoms with Gasteiger partial charge < -0.3 is 10.5 Å². The summed E-state index contributed by atoms with van der Waals surface area (Å²) >= 11 is 3.34. The number of rotatable bonds is 3. The number of nitrogen functional groups attached to an aromatic ring is 1. The minimum Gasteiger partial charge on any atom is -0.384 e. The predicted molar refractivity (Wildman–Crippen MR) is 82.5 cm³/mol. The molecule has 0 radical (unpaired) electrons. The van der Waals surface area contributed by atoms with E-state index in [9.17, 15) is 8.42 Å². The SMILES string of the molecule is Cn1nc(-c2ccc(S(=O)(=O)C3COC3)c(Br)c2)cc1N. The topological polar surface area (TPSA) is 87.2 Å². The van der Waals surface area contributed by atoms with Crippen molar-refractivity contribution in [2.24, 2.45) is 7.05 Å². The van der Waals surface area contributed by atoms with Gasteiger partial charge in [-0.3, -0.25) is 4.68 Å². The summed E-state index contributed by atoms with van der Waals surface area (Å²) < 4.78 is 31.8. The summed E-state index contributed by atoms with van der Waals surface area (Å²) in [7, 11) is -1.60. The highest BCUT2D eigenvalue weighted by molar-refractivity contribution is 9.10. The van der Waals surface area contributed by atoms with E-state index in [1.807, 2.05) is 0 Å². The third kappa shape index (κ3) is 2.47. The van der Waals surface area contributed by atoms with Crippen molar-refractivity contribution in [1.29, 1.82) is 0 Å². The van der Waals surface area contributed by atoms with Gasteiger partial charge in [-0.1, -0.05) is 6.07 Å². The molecule has 1 aliphatic heterocycles. The largest absolute Gasteiger partial charge is 0.384 e. The Morgan fingerprint density at radius 3 is 2.57 bits per heavy atom. The van der Waals surface area contributed by atoms with Crippen LogP contribution in [0.1, 0.15) is 0 Å². The minimum atomic E-state index is -3.36. The average molecular weight is 372 g/mol. The quantitative estimate of drug-likeness (QED) is 0.885. The lowest BCUT2D eigenvalue weighted by Crippen LogP contribution is -2.40. The van der Waals surface area contributed by atoms with Gasteiger partial charge in [-0.15, -0.1) is 0 Å². The molecule has 0 spiro atoms. The van der Waals surface area contributed by atoms with E-state index >= 15 is 0 Å².